The second-order valence-corrected chi connectivity index (χ2v) is 4.45. The zero-order valence-electron chi connectivity index (χ0n) is 10.9. The Morgan fingerprint density at radius 3 is 2.62 bits per heavy atom. The maximum atomic E-state index is 4.39. The SMILES string of the molecule is CCc1cc(NC(C)CN(C)C)nc(C)n1. The third kappa shape index (κ3) is 4.14. The minimum Gasteiger partial charge on any atom is -0.366 e. The molecule has 0 aliphatic heterocycles. The molecule has 1 N–H and O–H groups in total. The van der Waals surface area contributed by atoms with Gasteiger partial charge >= 0.3 is 0 Å². The highest BCUT2D eigenvalue weighted by atomic mass is 15.1. The first kappa shape index (κ1) is 12.9. The van der Waals surface area contributed by atoms with E-state index in [2.05, 4.69) is 48.1 Å². The number of aryl methyl sites for hydroxylation is 2. The summed E-state index contributed by atoms with van der Waals surface area (Å²) >= 11 is 0. The number of nitrogens with one attached hydrogen (secondary N) is 1. The molecule has 1 unspecified atom stereocenters. The molecule has 16 heavy (non-hydrogen) atoms. The van der Waals surface area contributed by atoms with Crippen LogP contribution in [0, 0.1) is 6.92 Å². The van der Waals surface area contributed by atoms with Crippen molar-refractivity contribution in [3.8, 4) is 0 Å². The van der Waals surface area contributed by atoms with Crippen molar-refractivity contribution in [2.45, 2.75) is 33.2 Å². The Bertz CT molecular complexity index is 336. The molecule has 4 heteroatoms. The van der Waals surface area contributed by atoms with Crippen molar-refractivity contribution in [3.63, 3.8) is 0 Å². The maximum Gasteiger partial charge on any atom is 0.130 e. The van der Waals surface area contributed by atoms with E-state index in [1.165, 1.54) is 0 Å². The molecule has 0 saturated heterocycles. The van der Waals surface area contributed by atoms with Crippen LogP contribution in [-0.2, 0) is 6.42 Å². The number of likely N-dealkylation sites (N-methyl/N-ethyl adjacent to an activating group) is 1. The van der Waals surface area contributed by atoms with Crippen molar-refractivity contribution in [2.24, 2.45) is 0 Å². The van der Waals surface area contributed by atoms with Crippen LogP contribution in [0.15, 0.2) is 6.07 Å². The molecule has 0 radical (unpaired) electrons. The number of nitrogens with zero attached hydrogens (tertiary/aromatic N) is 3. The van der Waals surface area contributed by atoms with Gasteiger partial charge in [0.05, 0.1) is 0 Å². The van der Waals surface area contributed by atoms with Crippen LogP contribution in [0.1, 0.15) is 25.4 Å². The molecular formula is C12H22N4. The van der Waals surface area contributed by atoms with Gasteiger partial charge in [-0.05, 0) is 34.4 Å². The quantitative estimate of drug-likeness (QED) is 0.823. The molecule has 1 atom stereocenters. The van der Waals surface area contributed by atoms with Crippen LogP contribution in [0.25, 0.3) is 0 Å². The van der Waals surface area contributed by atoms with E-state index in [9.17, 15) is 0 Å². The predicted octanol–water partition coefficient (Wildman–Crippen LogP) is 1.71. The van der Waals surface area contributed by atoms with Crippen LogP contribution < -0.4 is 5.32 Å². The van der Waals surface area contributed by atoms with E-state index in [0.717, 1.165) is 30.3 Å². The Hall–Kier alpha value is -1.16. The normalized spacial score (nSPS) is 12.9. The lowest BCUT2D eigenvalue weighted by molar-refractivity contribution is 0.392. The molecule has 0 aliphatic rings. The summed E-state index contributed by atoms with van der Waals surface area (Å²) in [5.41, 5.74) is 1.09. The number of hydrogen-bond donors (Lipinski definition) is 1. The predicted molar refractivity (Wildman–Crippen MR) is 67.8 cm³/mol. The largest absolute Gasteiger partial charge is 0.366 e. The van der Waals surface area contributed by atoms with Crippen LogP contribution in [0.2, 0.25) is 0 Å². The molecule has 0 saturated carbocycles. The van der Waals surface area contributed by atoms with Crippen LogP contribution >= 0.6 is 0 Å². The van der Waals surface area contributed by atoms with Crippen molar-refractivity contribution in [2.75, 3.05) is 26.0 Å². The first-order valence-corrected chi connectivity index (χ1v) is 5.77. The summed E-state index contributed by atoms with van der Waals surface area (Å²) in [4.78, 5) is 10.9. The summed E-state index contributed by atoms with van der Waals surface area (Å²) < 4.78 is 0. The van der Waals surface area contributed by atoms with Crippen LogP contribution in [0.4, 0.5) is 5.82 Å². The van der Waals surface area contributed by atoms with Gasteiger partial charge < -0.3 is 10.2 Å². The van der Waals surface area contributed by atoms with Gasteiger partial charge in [0.1, 0.15) is 11.6 Å². The molecule has 0 aliphatic carbocycles. The summed E-state index contributed by atoms with van der Waals surface area (Å²) in [6, 6.07) is 2.41. The second kappa shape index (κ2) is 5.80. The Kier molecular flexibility index (Phi) is 4.68. The highest BCUT2D eigenvalue weighted by Crippen LogP contribution is 2.08. The molecule has 1 rings (SSSR count). The van der Waals surface area contributed by atoms with Crippen LogP contribution in [-0.4, -0.2) is 41.5 Å². The standard InChI is InChI=1S/C12H22N4/c1-6-11-7-12(15-10(3)14-11)13-9(2)8-16(4)5/h7,9H,6,8H2,1-5H3,(H,13,14,15). The Labute approximate surface area is 98.1 Å². The van der Waals surface area contributed by atoms with E-state index >= 15 is 0 Å². The summed E-state index contributed by atoms with van der Waals surface area (Å²) in [5, 5.41) is 3.40. The lowest BCUT2D eigenvalue weighted by Crippen LogP contribution is -2.30. The van der Waals surface area contributed by atoms with Crippen molar-refractivity contribution < 1.29 is 0 Å². The molecule has 0 spiro atoms. The molecule has 1 heterocycles. The molecule has 1 aromatic rings. The van der Waals surface area contributed by atoms with Gasteiger partial charge in [0.15, 0.2) is 0 Å². The molecule has 0 amide bonds. The van der Waals surface area contributed by atoms with E-state index in [4.69, 9.17) is 0 Å². The van der Waals surface area contributed by atoms with E-state index in [-0.39, 0.29) is 0 Å². The summed E-state index contributed by atoms with van der Waals surface area (Å²) in [5.74, 6) is 1.76. The van der Waals surface area contributed by atoms with Gasteiger partial charge in [0, 0.05) is 24.3 Å². The average Bonchev–Trinajstić information content (AvgIpc) is 2.14. The molecule has 0 bridgehead atoms. The number of aromatic nitrogens is 2. The van der Waals surface area contributed by atoms with Crippen LogP contribution in [0.5, 0.6) is 0 Å². The zero-order chi connectivity index (χ0) is 12.1. The van der Waals surface area contributed by atoms with Crippen LogP contribution in [0.3, 0.4) is 0 Å². The lowest BCUT2D eigenvalue weighted by atomic mass is 10.3. The molecule has 0 fully saturated rings. The highest BCUT2D eigenvalue weighted by Gasteiger charge is 2.06. The monoisotopic (exact) mass is 222 g/mol. The van der Waals surface area contributed by atoms with E-state index < -0.39 is 0 Å². The summed E-state index contributed by atoms with van der Waals surface area (Å²) in [6.45, 7) is 7.18. The third-order valence-electron chi connectivity index (χ3n) is 2.29. The lowest BCUT2D eigenvalue weighted by Gasteiger charge is -2.19. The molecule has 4 nitrogen and oxygen atoms in total. The fourth-order valence-electron chi connectivity index (χ4n) is 1.73. The summed E-state index contributed by atoms with van der Waals surface area (Å²) in [7, 11) is 4.14. The fraction of sp³-hybridized carbons (Fsp3) is 0.667. The highest BCUT2D eigenvalue weighted by molar-refractivity contribution is 5.37. The Balaban J connectivity index is 2.69. The second-order valence-electron chi connectivity index (χ2n) is 4.45. The number of rotatable bonds is 5. The minimum atomic E-state index is 0.383. The van der Waals surface area contributed by atoms with E-state index in [0.29, 0.717) is 6.04 Å². The molecule has 1 aromatic heterocycles. The topological polar surface area (TPSA) is 41.0 Å². The summed E-state index contributed by atoms with van der Waals surface area (Å²) in [6.07, 6.45) is 0.945. The third-order valence-corrected chi connectivity index (χ3v) is 2.29. The van der Waals surface area contributed by atoms with Gasteiger partial charge in [0.25, 0.3) is 0 Å². The van der Waals surface area contributed by atoms with Gasteiger partial charge in [-0.2, -0.15) is 0 Å². The first-order chi connectivity index (χ1) is 7.51. The zero-order valence-corrected chi connectivity index (χ0v) is 10.9. The van der Waals surface area contributed by atoms with Crippen molar-refractivity contribution in [1.82, 2.24) is 14.9 Å². The fourth-order valence-corrected chi connectivity index (χ4v) is 1.73. The molecular weight excluding hydrogens is 200 g/mol. The average molecular weight is 222 g/mol. The van der Waals surface area contributed by atoms with E-state index in [1.54, 1.807) is 0 Å². The Morgan fingerprint density at radius 2 is 2.06 bits per heavy atom. The molecule has 90 valence electrons. The Morgan fingerprint density at radius 1 is 1.38 bits per heavy atom. The molecule has 0 aromatic carbocycles. The van der Waals surface area contributed by atoms with Gasteiger partial charge in [-0.15, -0.1) is 0 Å². The van der Waals surface area contributed by atoms with Crippen molar-refractivity contribution in [3.05, 3.63) is 17.6 Å². The van der Waals surface area contributed by atoms with E-state index in [1.807, 2.05) is 13.0 Å². The number of anilines is 1. The number of hydrogen-bond acceptors (Lipinski definition) is 4. The minimum absolute atomic E-state index is 0.383. The van der Waals surface area contributed by atoms with Gasteiger partial charge in [0.2, 0.25) is 0 Å². The smallest absolute Gasteiger partial charge is 0.130 e. The van der Waals surface area contributed by atoms with Crippen molar-refractivity contribution in [1.29, 1.82) is 0 Å². The van der Waals surface area contributed by atoms with Gasteiger partial charge in [-0.1, -0.05) is 6.92 Å². The maximum absolute atomic E-state index is 4.39. The van der Waals surface area contributed by atoms with Gasteiger partial charge in [-0.25, -0.2) is 9.97 Å². The van der Waals surface area contributed by atoms with Crippen molar-refractivity contribution >= 4 is 5.82 Å². The first-order valence-electron chi connectivity index (χ1n) is 5.77. The van der Waals surface area contributed by atoms with Gasteiger partial charge in [-0.3, -0.25) is 0 Å².